The Labute approximate surface area is 199 Å². The van der Waals surface area contributed by atoms with Gasteiger partial charge in [0.1, 0.15) is 9.88 Å². The van der Waals surface area contributed by atoms with Crippen molar-refractivity contribution < 1.29 is 19.5 Å². The van der Waals surface area contributed by atoms with Crippen molar-refractivity contribution in [2.75, 3.05) is 18.4 Å². The Morgan fingerprint density at radius 3 is 2.82 bits per heavy atom. The molecule has 10 heteroatoms. The van der Waals surface area contributed by atoms with Crippen molar-refractivity contribution in [3.05, 3.63) is 63.9 Å². The molecule has 2 N–H and O–H groups in total. The zero-order chi connectivity index (χ0) is 23.5. The molecule has 0 spiro atoms. The Morgan fingerprint density at radius 2 is 2.09 bits per heavy atom. The molecule has 1 saturated heterocycles. The van der Waals surface area contributed by atoms with Crippen LogP contribution in [0.2, 0.25) is 5.02 Å². The van der Waals surface area contributed by atoms with E-state index in [1.165, 1.54) is 23.5 Å². The van der Waals surface area contributed by atoms with Gasteiger partial charge in [-0.25, -0.2) is 9.78 Å². The fraction of sp³-hybridized carbons (Fsp3) is 0.261. The van der Waals surface area contributed by atoms with Gasteiger partial charge in [0.05, 0.1) is 22.2 Å². The number of carboxylic acid groups (broad SMARTS) is 1. The highest BCUT2D eigenvalue weighted by molar-refractivity contribution is 7.17. The number of thiazole rings is 1. The number of nitrogens with one attached hydrogen (secondary N) is 1. The van der Waals surface area contributed by atoms with E-state index >= 15 is 0 Å². The lowest BCUT2D eigenvalue weighted by atomic mass is 9.96. The van der Waals surface area contributed by atoms with Crippen molar-refractivity contribution in [1.82, 2.24) is 14.9 Å². The maximum Gasteiger partial charge on any atom is 0.337 e. The SMILES string of the molecule is Cc1nc(-c2cccnc2)sc1C(=O)N1CCCC(C(=O)Nc2ccc(Cl)c(C(=O)O)c2)C1. The molecule has 1 unspecified atom stereocenters. The third-order valence-corrected chi connectivity index (χ3v) is 6.97. The van der Waals surface area contributed by atoms with Gasteiger partial charge in [-0.2, -0.15) is 0 Å². The van der Waals surface area contributed by atoms with Crippen LogP contribution in [0.5, 0.6) is 0 Å². The van der Waals surface area contributed by atoms with Gasteiger partial charge in [-0.15, -0.1) is 11.3 Å². The summed E-state index contributed by atoms with van der Waals surface area (Å²) in [4.78, 5) is 48.2. The molecule has 0 radical (unpaired) electrons. The van der Waals surface area contributed by atoms with Crippen LogP contribution in [0.1, 0.15) is 38.6 Å². The summed E-state index contributed by atoms with van der Waals surface area (Å²) in [6.07, 6.45) is 4.72. The molecule has 4 rings (SSSR count). The smallest absolute Gasteiger partial charge is 0.337 e. The highest BCUT2D eigenvalue weighted by Gasteiger charge is 2.31. The summed E-state index contributed by atoms with van der Waals surface area (Å²) < 4.78 is 0. The highest BCUT2D eigenvalue weighted by atomic mass is 35.5. The summed E-state index contributed by atoms with van der Waals surface area (Å²) in [5.41, 5.74) is 1.77. The Morgan fingerprint density at radius 1 is 1.27 bits per heavy atom. The number of aryl methyl sites for hydroxylation is 1. The molecule has 1 atom stereocenters. The van der Waals surface area contributed by atoms with E-state index in [0.717, 1.165) is 10.6 Å². The monoisotopic (exact) mass is 484 g/mol. The number of aromatic carboxylic acids is 1. The van der Waals surface area contributed by atoms with Gasteiger partial charge in [0, 0.05) is 36.7 Å². The summed E-state index contributed by atoms with van der Waals surface area (Å²) in [6.45, 7) is 2.65. The number of carbonyl (C=O) groups excluding carboxylic acids is 2. The van der Waals surface area contributed by atoms with E-state index < -0.39 is 11.9 Å². The first-order chi connectivity index (χ1) is 15.8. The lowest BCUT2D eigenvalue weighted by Gasteiger charge is -2.31. The topological polar surface area (TPSA) is 112 Å². The summed E-state index contributed by atoms with van der Waals surface area (Å²) in [5, 5.41) is 12.8. The van der Waals surface area contributed by atoms with Gasteiger partial charge in [0.25, 0.3) is 5.91 Å². The van der Waals surface area contributed by atoms with Gasteiger partial charge in [-0.3, -0.25) is 14.6 Å². The van der Waals surface area contributed by atoms with Crippen molar-refractivity contribution in [2.24, 2.45) is 5.92 Å². The number of carboxylic acids is 1. The molecule has 2 aromatic heterocycles. The standard InChI is InChI=1S/C23H21ClN4O4S/c1-13-19(33-21(26-13)14-4-2-8-25-11-14)22(30)28-9-3-5-15(12-28)20(29)27-16-6-7-18(24)17(10-16)23(31)32/h2,4,6-8,10-11,15H,3,5,9,12H2,1H3,(H,27,29)(H,31,32). The van der Waals surface area contributed by atoms with E-state index in [-0.39, 0.29) is 28.9 Å². The second-order valence-electron chi connectivity index (χ2n) is 7.75. The first-order valence-corrected chi connectivity index (χ1v) is 11.5. The average Bonchev–Trinajstić information content (AvgIpc) is 3.21. The molecule has 0 saturated carbocycles. The molecule has 33 heavy (non-hydrogen) atoms. The number of carbonyl (C=O) groups is 3. The number of likely N-dealkylation sites (tertiary alicyclic amines) is 1. The van der Waals surface area contributed by atoms with Crippen molar-refractivity contribution >= 4 is 46.4 Å². The normalized spacial score (nSPS) is 15.8. The number of halogens is 1. The van der Waals surface area contributed by atoms with Gasteiger partial charge in [-0.05, 0) is 50.1 Å². The second-order valence-corrected chi connectivity index (χ2v) is 9.16. The number of aromatic nitrogens is 2. The molecular weight excluding hydrogens is 464 g/mol. The highest BCUT2D eigenvalue weighted by Crippen LogP contribution is 2.30. The van der Waals surface area contributed by atoms with E-state index in [9.17, 15) is 19.5 Å². The van der Waals surface area contributed by atoms with Gasteiger partial charge in [0.2, 0.25) is 5.91 Å². The first kappa shape index (κ1) is 22.9. The zero-order valence-corrected chi connectivity index (χ0v) is 19.3. The third kappa shape index (κ3) is 5.04. The summed E-state index contributed by atoms with van der Waals surface area (Å²) in [5.74, 6) is -1.98. The quantitative estimate of drug-likeness (QED) is 0.556. The molecule has 1 aromatic carbocycles. The molecule has 8 nitrogen and oxygen atoms in total. The number of nitrogens with zero attached hydrogens (tertiary/aromatic N) is 3. The van der Waals surface area contributed by atoms with Crippen molar-refractivity contribution in [3.8, 4) is 10.6 Å². The molecule has 1 aliphatic rings. The minimum Gasteiger partial charge on any atom is -0.478 e. The van der Waals surface area contributed by atoms with E-state index in [0.29, 0.717) is 35.6 Å². The van der Waals surface area contributed by atoms with Crippen LogP contribution >= 0.6 is 22.9 Å². The van der Waals surface area contributed by atoms with E-state index in [2.05, 4.69) is 15.3 Å². The van der Waals surface area contributed by atoms with Crippen molar-refractivity contribution in [1.29, 1.82) is 0 Å². The minimum atomic E-state index is -1.17. The van der Waals surface area contributed by atoms with E-state index in [4.69, 9.17) is 11.6 Å². The molecule has 2 amide bonds. The Bertz CT molecular complexity index is 1210. The molecule has 0 aliphatic carbocycles. The predicted octanol–water partition coefficient (Wildman–Crippen LogP) is 4.36. The van der Waals surface area contributed by atoms with E-state index in [1.54, 1.807) is 30.3 Å². The van der Waals surface area contributed by atoms with Gasteiger partial charge >= 0.3 is 5.97 Å². The van der Waals surface area contributed by atoms with Crippen LogP contribution in [0.4, 0.5) is 5.69 Å². The van der Waals surface area contributed by atoms with Crippen LogP contribution in [0, 0.1) is 12.8 Å². The fourth-order valence-electron chi connectivity index (χ4n) is 3.74. The van der Waals surface area contributed by atoms with Gasteiger partial charge in [0.15, 0.2) is 0 Å². The molecule has 1 aliphatic heterocycles. The zero-order valence-electron chi connectivity index (χ0n) is 17.7. The van der Waals surface area contributed by atoms with Crippen LogP contribution in [0.25, 0.3) is 10.6 Å². The number of hydrogen-bond donors (Lipinski definition) is 2. The summed E-state index contributed by atoms with van der Waals surface area (Å²) >= 11 is 7.22. The number of pyridine rings is 1. The Kier molecular flexibility index (Phi) is 6.71. The lowest BCUT2D eigenvalue weighted by Crippen LogP contribution is -2.43. The average molecular weight is 485 g/mol. The molecule has 1 fully saturated rings. The van der Waals surface area contributed by atoms with Crippen LogP contribution in [0.3, 0.4) is 0 Å². The van der Waals surface area contributed by atoms with E-state index in [1.807, 2.05) is 12.1 Å². The maximum absolute atomic E-state index is 13.2. The third-order valence-electron chi connectivity index (χ3n) is 5.44. The summed E-state index contributed by atoms with van der Waals surface area (Å²) in [6, 6.07) is 8.03. The Hall–Kier alpha value is -3.30. The molecular formula is C23H21ClN4O4S. The fourth-order valence-corrected chi connectivity index (χ4v) is 4.96. The molecule has 3 heterocycles. The van der Waals surface area contributed by atoms with Crippen LogP contribution in [-0.4, -0.2) is 50.8 Å². The number of rotatable bonds is 5. The lowest BCUT2D eigenvalue weighted by molar-refractivity contribution is -0.121. The second kappa shape index (κ2) is 9.68. The number of benzene rings is 1. The van der Waals surface area contributed by atoms with Crippen LogP contribution in [-0.2, 0) is 4.79 Å². The molecule has 170 valence electrons. The number of anilines is 1. The van der Waals surface area contributed by atoms with Gasteiger partial charge in [-0.1, -0.05) is 11.6 Å². The maximum atomic E-state index is 13.2. The largest absolute Gasteiger partial charge is 0.478 e. The number of piperidine rings is 1. The van der Waals surface area contributed by atoms with Gasteiger partial charge < -0.3 is 15.3 Å². The van der Waals surface area contributed by atoms with Crippen molar-refractivity contribution in [3.63, 3.8) is 0 Å². The van der Waals surface area contributed by atoms with Crippen LogP contribution in [0.15, 0.2) is 42.7 Å². The molecule has 3 aromatic rings. The number of hydrogen-bond acceptors (Lipinski definition) is 6. The van der Waals surface area contributed by atoms with Crippen LogP contribution < -0.4 is 5.32 Å². The van der Waals surface area contributed by atoms with Crippen molar-refractivity contribution in [2.45, 2.75) is 19.8 Å². The predicted molar refractivity (Wildman–Crippen MR) is 126 cm³/mol. The molecule has 0 bridgehead atoms. The Balaban J connectivity index is 1.46. The first-order valence-electron chi connectivity index (χ1n) is 10.3. The summed E-state index contributed by atoms with van der Waals surface area (Å²) in [7, 11) is 0. The minimum absolute atomic E-state index is 0.0833. The number of amides is 2.